The van der Waals surface area contributed by atoms with Crippen molar-refractivity contribution in [1.82, 2.24) is 4.98 Å². The van der Waals surface area contributed by atoms with Crippen molar-refractivity contribution in [3.8, 4) is 17.3 Å². The number of anilines is 2. The zero-order valence-corrected chi connectivity index (χ0v) is 13.6. The van der Waals surface area contributed by atoms with Gasteiger partial charge in [-0.25, -0.2) is 4.85 Å². The van der Waals surface area contributed by atoms with Gasteiger partial charge in [-0.05, 0) is 30.3 Å². The summed E-state index contributed by atoms with van der Waals surface area (Å²) in [5.41, 5.74) is 9.09. The highest BCUT2D eigenvalue weighted by atomic mass is 16.1. The van der Waals surface area contributed by atoms with Gasteiger partial charge in [-0.2, -0.15) is 5.26 Å². The standard InChI is InChI=1S/C20H13N5O/c1-23-16-10-15(11-21)19(24-12-16)13-6-8-14(9-7-13)20(26)25-18-5-3-2-4-17(18)22/h2-10,12H,22H2,(H,25,26). The smallest absolute Gasteiger partial charge is 0.255 e. The van der Waals surface area contributed by atoms with Crippen LogP contribution in [0.1, 0.15) is 15.9 Å². The number of para-hydroxylation sites is 2. The fourth-order valence-electron chi connectivity index (χ4n) is 2.41. The Morgan fingerprint density at radius 2 is 1.92 bits per heavy atom. The summed E-state index contributed by atoms with van der Waals surface area (Å²) in [7, 11) is 0. The van der Waals surface area contributed by atoms with E-state index in [-0.39, 0.29) is 5.91 Å². The maximum absolute atomic E-state index is 12.4. The lowest BCUT2D eigenvalue weighted by Crippen LogP contribution is -2.13. The van der Waals surface area contributed by atoms with Crippen LogP contribution in [0.5, 0.6) is 0 Å². The molecule has 0 aliphatic heterocycles. The van der Waals surface area contributed by atoms with Gasteiger partial charge in [0.2, 0.25) is 5.69 Å². The number of carbonyl (C=O) groups excluding carboxylic acids is 1. The summed E-state index contributed by atoms with van der Waals surface area (Å²) < 4.78 is 0. The van der Waals surface area contributed by atoms with Crippen LogP contribution in [0.15, 0.2) is 60.8 Å². The molecule has 1 aromatic heterocycles. The summed E-state index contributed by atoms with van der Waals surface area (Å²) in [4.78, 5) is 19.8. The van der Waals surface area contributed by atoms with Gasteiger partial charge < -0.3 is 11.1 Å². The van der Waals surface area contributed by atoms with Crippen molar-refractivity contribution in [3.05, 3.63) is 83.3 Å². The van der Waals surface area contributed by atoms with Crippen molar-refractivity contribution in [2.24, 2.45) is 0 Å². The van der Waals surface area contributed by atoms with Gasteiger partial charge in [-0.1, -0.05) is 24.3 Å². The normalized spacial score (nSPS) is 9.77. The first-order valence-corrected chi connectivity index (χ1v) is 7.66. The molecule has 0 spiro atoms. The van der Waals surface area contributed by atoms with Crippen LogP contribution in [-0.2, 0) is 0 Å². The summed E-state index contributed by atoms with van der Waals surface area (Å²) in [6.07, 6.45) is 1.42. The number of aromatic nitrogens is 1. The van der Waals surface area contributed by atoms with E-state index in [4.69, 9.17) is 12.3 Å². The van der Waals surface area contributed by atoms with Gasteiger partial charge in [-0.15, -0.1) is 0 Å². The van der Waals surface area contributed by atoms with Crippen LogP contribution in [-0.4, -0.2) is 10.9 Å². The van der Waals surface area contributed by atoms with Crippen molar-refractivity contribution >= 4 is 23.0 Å². The predicted octanol–water partition coefficient (Wildman–Crippen LogP) is 4.01. The third-order valence-electron chi connectivity index (χ3n) is 3.75. The minimum atomic E-state index is -0.286. The molecule has 1 heterocycles. The minimum absolute atomic E-state index is 0.286. The predicted molar refractivity (Wildman–Crippen MR) is 99.5 cm³/mol. The molecule has 0 fully saturated rings. The summed E-state index contributed by atoms with van der Waals surface area (Å²) in [5.74, 6) is -0.286. The largest absolute Gasteiger partial charge is 0.397 e. The van der Waals surface area contributed by atoms with Crippen LogP contribution >= 0.6 is 0 Å². The van der Waals surface area contributed by atoms with Gasteiger partial charge in [0, 0.05) is 17.3 Å². The van der Waals surface area contributed by atoms with E-state index in [1.807, 2.05) is 6.07 Å². The lowest BCUT2D eigenvalue weighted by Gasteiger charge is -2.09. The highest BCUT2D eigenvalue weighted by molar-refractivity contribution is 6.05. The molecule has 0 unspecified atom stereocenters. The van der Waals surface area contributed by atoms with E-state index >= 15 is 0 Å². The highest BCUT2D eigenvalue weighted by Gasteiger charge is 2.11. The van der Waals surface area contributed by atoms with Gasteiger partial charge >= 0.3 is 0 Å². The number of rotatable bonds is 3. The maximum atomic E-state index is 12.4. The second-order valence-electron chi connectivity index (χ2n) is 5.43. The quantitative estimate of drug-likeness (QED) is 0.557. The molecule has 3 N–H and O–H groups in total. The molecular formula is C20H13N5O. The van der Waals surface area contributed by atoms with Gasteiger partial charge in [-0.3, -0.25) is 9.78 Å². The Bertz CT molecular complexity index is 1060. The lowest BCUT2D eigenvalue weighted by molar-refractivity contribution is 0.102. The van der Waals surface area contributed by atoms with Crippen molar-refractivity contribution in [3.63, 3.8) is 0 Å². The van der Waals surface area contributed by atoms with Gasteiger partial charge in [0.25, 0.3) is 5.91 Å². The molecular weight excluding hydrogens is 326 g/mol. The number of benzene rings is 2. The molecule has 0 saturated heterocycles. The van der Waals surface area contributed by atoms with E-state index in [1.54, 1.807) is 48.5 Å². The first-order valence-electron chi connectivity index (χ1n) is 7.66. The molecule has 1 amide bonds. The summed E-state index contributed by atoms with van der Waals surface area (Å²) >= 11 is 0. The van der Waals surface area contributed by atoms with Crippen LogP contribution < -0.4 is 11.1 Å². The number of nitrogens with one attached hydrogen (secondary N) is 1. The Morgan fingerprint density at radius 1 is 1.19 bits per heavy atom. The van der Waals surface area contributed by atoms with Crippen LogP contribution in [0.2, 0.25) is 0 Å². The first-order chi connectivity index (χ1) is 12.6. The molecule has 3 aromatic rings. The monoisotopic (exact) mass is 339 g/mol. The van der Waals surface area contributed by atoms with Crippen LogP contribution in [0, 0.1) is 17.9 Å². The molecule has 6 heteroatoms. The molecule has 26 heavy (non-hydrogen) atoms. The van der Waals surface area contributed by atoms with Crippen molar-refractivity contribution < 1.29 is 4.79 Å². The molecule has 2 aromatic carbocycles. The zero-order chi connectivity index (χ0) is 18.5. The summed E-state index contributed by atoms with van der Waals surface area (Å²) in [6.45, 7) is 7.00. The number of nitriles is 1. The third kappa shape index (κ3) is 3.35. The van der Waals surface area contributed by atoms with E-state index in [9.17, 15) is 10.1 Å². The number of nitrogens with zero attached hydrogens (tertiary/aromatic N) is 3. The average molecular weight is 339 g/mol. The fourth-order valence-corrected chi connectivity index (χ4v) is 2.41. The Labute approximate surface area is 150 Å². The van der Waals surface area contributed by atoms with E-state index < -0.39 is 0 Å². The number of amides is 1. The molecule has 0 saturated carbocycles. The maximum Gasteiger partial charge on any atom is 0.255 e. The van der Waals surface area contributed by atoms with Crippen molar-refractivity contribution in [1.29, 1.82) is 5.26 Å². The minimum Gasteiger partial charge on any atom is -0.397 e. The van der Waals surface area contributed by atoms with Crippen LogP contribution in [0.25, 0.3) is 16.1 Å². The summed E-state index contributed by atoms with van der Waals surface area (Å²) in [5, 5.41) is 12.0. The van der Waals surface area contributed by atoms with E-state index in [2.05, 4.69) is 15.1 Å². The number of hydrogen-bond acceptors (Lipinski definition) is 4. The Balaban J connectivity index is 1.85. The molecule has 0 radical (unpaired) electrons. The Kier molecular flexibility index (Phi) is 4.60. The van der Waals surface area contributed by atoms with Crippen LogP contribution in [0.3, 0.4) is 0 Å². The summed E-state index contributed by atoms with van der Waals surface area (Å²) in [6, 6.07) is 17.3. The van der Waals surface area contributed by atoms with E-state index in [1.165, 1.54) is 12.3 Å². The van der Waals surface area contributed by atoms with Crippen molar-refractivity contribution in [2.75, 3.05) is 11.1 Å². The molecule has 3 rings (SSSR count). The lowest BCUT2D eigenvalue weighted by atomic mass is 10.0. The first kappa shape index (κ1) is 16.7. The van der Waals surface area contributed by atoms with E-state index in [0.717, 1.165) is 0 Å². The van der Waals surface area contributed by atoms with Gasteiger partial charge in [0.1, 0.15) is 6.07 Å². The molecule has 0 bridgehead atoms. The molecule has 0 atom stereocenters. The number of pyridine rings is 1. The SMILES string of the molecule is [C-]#[N+]c1cnc(-c2ccc(C(=O)Nc3ccccc3N)cc2)c(C#N)c1. The molecule has 0 aliphatic carbocycles. The number of carbonyl (C=O) groups is 1. The molecule has 6 nitrogen and oxygen atoms in total. The molecule has 124 valence electrons. The highest BCUT2D eigenvalue weighted by Crippen LogP contribution is 2.25. The van der Waals surface area contributed by atoms with Gasteiger partial charge in [0.15, 0.2) is 0 Å². The Morgan fingerprint density at radius 3 is 2.58 bits per heavy atom. The second-order valence-corrected chi connectivity index (χ2v) is 5.43. The number of nitrogen functional groups attached to an aromatic ring is 1. The van der Waals surface area contributed by atoms with E-state index in [0.29, 0.717) is 39.4 Å². The second kappa shape index (κ2) is 7.16. The van der Waals surface area contributed by atoms with Gasteiger partial charge in [0.05, 0.1) is 29.2 Å². The zero-order valence-electron chi connectivity index (χ0n) is 13.6. The van der Waals surface area contributed by atoms with Crippen LogP contribution in [0.4, 0.5) is 17.1 Å². The fraction of sp³-hybridized carbons (Fsp3) is 0. The number of nitrogens with two attached hydrogens (primary N) is 1. The third-order valence-corrected chi connectivity index (χ3v) is 3.75. The van der Waals surface area contributed by atoms with Crippen molar-refractivity contribution in [2.45, 2.75) is 0 Å². The Hall–Kier alpha value is -4.16. The molecule has 0 aliphatic rings. The topological polar surface area (TPSA) is 96.2 Å². The number of hydrogen-bond donors (Lipinski definition) is 2. The average Bonchev–Trinajstić information content (AvgIpc) is 2.69.